The second-order valence-corrected chi connectivity index (χ2v) is 10.1. The largest absolute Gasteiger partial charge is 0.340 e. The first-order chi connectivity index (χ1) is 13.7. The van der Waals surface area contributed by atoms with E-state index in [0.717, 1.165) is 25.7 Å². The molecule has 2 aliphatic rings. The van der Waals surface area contributed by atoms with Crippen molar-refractivity contribution in [3.8, 4) is 0 Å². The molecule has 0 spiro atoms. The van der Waals surface area contributed by atoms with E-state index in [1.54, 1.807) is 17.0 Å². The first kappa shape index (κ1) is 21.8. The molecule has 2 amide bonds. The third-order valence-corrected chi connectivity index (χ3v) is 7.84. The van der Waals surface area contributed by atoms with Crippen LogP contribution in [-0.4, -0.2) is 72.6 Å². The van der Waals surface area contributed by atoms with E-state index in [0.29, 0.717) is 18.7 Å². The van der Waals surface area contributed by atoms with Gasteiger partial charge in [-0.2, -0.15) is 4.31 Å². The van der Waals surface area contributed by atoms with E-state index in [1.807, 2.05) is 18.7 Å². The number of amides is 2. The molecule has 29 heavy (non-hydrogen) atoms. The molecule has 0 radical (unpaired) electrons. The normalized spacial score (nSPS) is 19.0. The van der Waals surface area contributed by atoms with Gasteiger partial charge in [-0.05, 0) is 51.0 Å². The average molecular weight is 422 g/mol. The van der Waals surface area contributed by atoms with E-state index in [9.17, 15) is 18.0 Å². The minimum atomic E-state index is -3.64. The van der Waals surface area contributed by atoms with Crippen molar-refractivity contribution in [3.05, 3.63) is 29.8 Å². The van der Waals surface area contributed by atoms with Crippen molar-refractivity contribution in [3.63, 3.8) is 0 Å². The van der Waals surface area contributed by atoms with Crippen molar-refractivity contribution in [1.82, 2.24) is 14.1 Å². The van der Waals surface area contributed by atoms with Crippen LogP contribution in [-0.2, 0) is 14.8 Å². The summed E-state index contributed by atoms with van der Waals surface area (Å²) in [5, 5.41) is 0. The van der Waals surface area contributed by atoms with E-state index in [1.165, 1.54) is 23.4 Å². The Bertz CT molecular complexity index is 837. The van der Waals surface area contributed by atoms with Gasteiger partial charge in [0.2, 0.25) is 15.9 Å². The lowest BCUT2D eigenvalue weighted by atomic mass is 10.1. The summed E-state index contributed by atoms with van der Waals surface area (Å²) in [5.41, 5.74) is 0.519. The Hall–Kier alpha value is -1.93. The van der Waals surface area contributed by atoms with Gasteiger partial charge in [0.05, 0.1) is 4.90 Å². The predicted molar refractivity (Wildman–Crippen MR) is 111 cm³/mol. The monoisotopic (exact) mass is 421 g/mol. The molecule has 1 aromatic rings. The van der Waals surface area contributed by atoms with Gasteiger partial charge >= 0.3 is 0 Å². The molecule has 7 nitrogen and oxygen atoms in total. The van der Waals surface area contributed by atoms with E-state index < -0.39 is 10.0 Å². The highest BCUT2D eigenvalue weighted by Crippen LogP contribution is 2.27. The number of nitrogens with zero attached hydrogens (tertiary/aromatic N) is 3. The van der Waals surface area contributed by atoms with Crippen LogP contribution in [0.2, 0.25) is 0 Å². The van der Waals surface area contributed by atoms with Crippen LogP contribution >= 0.6 is 0 Å². The minimum Gasteiger partial charge on any atom is -0.340 e. The standard InChI is InChI=1S/C21H31N3O4S/c1-16(2)24(19-6-4-5-7-19)21(26)18-8-10-20(11-9-18)29(27,28)23-14-12-22(13-15-23)17(3)25/h8-11,16,19H,4-7,12-15H2,1-3H3. The maximum atomic E-state index is 13.1. The smallest absolute Gasteiger partial charge is 0.254 e. The molecule has 0 aromatic heterocycles. The second-order valence-electron chi connectivity index (χ2n) is 8.18. The van der Waals surface area contributed by atoms with Crippen molar-refractivity contribution < 1.29 is 18.0 Å². The summed E-state index contributed by atoms with van der Waals surface area (Å²) >= 11 is 0. The lowest BCUT2D eigenvalue weighted by Gasteiger charge is -2.34. The van der Waals surface area contributed by atoms with Crippen molar-refractivity contribution in [2.75, 3.05) is 26.2 Å². The molecule has 1 aromatic carbocycles. The quantitative estimate of drug-likeness (QED) is 0.731. The molecular weight excluding hydrogens is 390 g/mol. The van der Waals surface area contributed by atoms with E-state index in [4.69, 9.17) is 0 Å². The molecule has 1 saturated heterocycles. The highest BCUT2D eigenvalue weighted by Gasteiger charge is 2.31. The number of hydrogen-bond acceptors (Lipinski definition) is 4. The zero-order chi connectivity index (χ0) is 21.2. The van der Waals surface area contributed by atoms with Crippen LogP contribution in [0, 0.1) is 0 Å². The van der Waals surface area contributed by atoms with Gasteiger partial charge < -0.3 is 9.80 Å². The zero-order valence-electron chi connectivity index (χ0n) is 17.5. The summed E-state index contributed by atoms with van der Waals surface area (Å²) in [5.74, 6) is -0.0761. The summed E-state index contributed by atoms with van der Waals surface area (Å²) in [6.07, 6.45) is 4.36. The summed E-state index contributed by atoms with van der Waals surface area (Å²) in [4.78, 5) is 28.3. The number of hydrogen-bond donors (Lipinski definition) is 0. The van der Waals surface area contributed by atoms with Gasteiger partial charge in [0, 0.05) is 50.7 Å². The van der Waals surface area contributed by atoms with Crippen LogP contribution in [0.3, 0.4) is 0 Å². The Morgan fingerprint density at radius 3 is 2.03 bits per heavy atom. The maximum Gasteiger partial charge on any atom is 0.254 e. The van der Waals surface area contributed by atoms with Gasteiger partial charge in [0.25, 0.3) is 5.91 Å². The lowest BCUT2D eigenvalue weighted by Crippen LogP contribution is -2.49. The number of carbonyl (C=O) groups excluding carboxylic acids is 2. The van der Waals surface area contributed by atoms with Crippen molar-refractivity contribution in [1.29, 1.82) is 0 Å². The topological polar surface area (TPSA) is 78.0 Å². The van der Waals surface area contributed by atoms with Gasteiger partial charge in [-0.3, -0.25) is 9.59 Å². The third kappa shape index (κ3) is 4.64. The number of rotatable bonds is 5. The van der Waals surface area contributed by atoms with Crippen molar-refractivity contribution in [2.24, 2.45) is 0 Å². The molecule has 3 rings (SSSR count). The van der Waals surface area contributed by atoms with Gasteiger partial charge in [0.1, 0.15) is 0 Å². The van der Waals surface area contributed by atoms with Crippen LogP contribution in [0.5, 0.6) is 0 Å². The lowest BCUT2D eigenvalue weighted by molar-refractivity contribution is -0.129. The molecule has 0 atom stereocenters. The van der Waals surface area contributed by atoms with Crippen LogP contribution < -0.4 is 0 Å². The highest BCUT2D eigenvalue weighted by molar-refractivity contribution is 7.89. The zero-order valence-corrected chi connectivity index (χ0v) is 18.3. The fraction of sp³-hybridized carbons (Fsp3) is 0.619. The van der Waals surface area contributed by atoms with E-state index in [-0.39, 0.29) is 41.9 Å². The van der Waals surface area contributed by atoms with E-state index >= 15 is 0 Å². The molecule has 1 saturated carbocycles. The molecule has 1 aliphatic carbocycles. The first-order valence-electron chi connectivity index (χ1n) is 10.4. The highest BCUT2D eigenvalue weighted by atomic mass is 32.2. The van der Waals surface area contributed by atoms with Crippen LogP contribution in [0.25, 0.3) is 0 Å². The summed E-state index contributed by atoms with van der Waals surface area (Å²) < 4.78 is 27.3. The molecule has 8 heteroatoms. The minimum absolute atomic E-state index is 0.0362. The molecule has 0 bridgehead atoms. The summed E-state index contributed by atoms with van der Waals surface area (Å²) in [6.45, 7) is 6.90. The van der Waals surface area contributed by atoms with E-state index in [2.05, 4.69) is 0 Å². The number of sulfonamides is 1. The van der Waals surface area contributed by atoms with Crippen LogP contribution in [0.1, 0.15) is 56.8 Å². The van der Waals surface area contributed by atoms with Crippen molar-refractivity contribution in [2.45, 2.75) is 63.4 Å². The average Bonchev–Trinajstić information content (AvgIpc) is 3.22. The van der Waals surface area contributed by atoms with Gasteiger partial charge in [-0.1, -0.05) is 12.8 Å². The van der Waals surface area contributed by atoms with Gasteiger partial charge in [-0.15, -0.1) is 0 Å². The first-order valence-corrected chi connectivity index (χ1v) is 11.8. The summed E-state index contributed by atoms with van der Waals surface area (Å²) in [7, 11) is -3.64. The van der Waals surface area contributed by atoms with Crippen LogP contribution in [0.15, 0.2) is 29.2 Å². The molecule has 0 N–H and O–H groups in total. The third-order valence-electron chi connectivity index (χ3n) is 5.93. The Labute approximate surface area is 173 Å². The molecule has 1 heterocycles. The Morgan fingerprint density at radius 1 is 1.00 bits per heavy atom. The maximum absolute atomic E-state index is 13.1. The van der Waals surface area contributed by atoms with Crippen LogP contribution in [0.4, 0.5) is 0 Å². The molecule has 2 fully saturated rings. The van der Waals surface area contributed by atoms with Gasteiger partial charge in [0.15, 0.2) is 0 Å². The fourth-order valence-corrected chi connectivity index (χ4v) is 5.74. The Balaban J connectivity index is 1.73. The fourth-order valence-electron chi connectivity index (χ4n) is 4.32. The Kier molecular flexibility index (Phi) is 6.63. The molecule has 0 unspecified atom stereocenters. The SMILES string of the molecule is CC(=O)N1CCN(S(=O)(=O)c2ccc(C(=O)N(C(C)C)C3CCCC3)cc2)CC1. The van der Waals surface area contributed by atoms with Gasteiger partial charge in [-0.25, -0.2) is 8.42 Å². The molecular formula is C21H31N3O4S. The Morgan fingerprint density at radius 2 is 1.55 bits per heavy atom. The summed E-state index contributed by atoms with van der Waals surface area (Å²) in [6, 6.07) is 6.65. The molecule has 1 aliphatic heterocycles. The number of piperazine rings is 1. The van der Waals surface area contributed by atoms with Crippen molar-refractivity contribution >= 4 is 21.8 Å². The molecule has 160 valence electrons. The number of carbonyl (C=O) groups is 2. The second kappa shape index (κ2) is 8.83. The number of benzene rings is 1. The predicted octanol–water partition coefficient (Wildman–Crippen LogP) is 2.33.